The molecule has 0 saturated carbocycles. The molecule has 1 aromatic carbocycles. The van der Waals surface area contributed by atoms with Crippen LogP contribution in [0.15, 0.2) is 24.3 Å². The van der Waals surface area contributed by atoms with E-state index in [0.717, 1.165) is 44.3 Å². The first-order valence-corrected chi connectivity index (χ1v) is 9.24. The first-order chi connectivity index (χ1) is 12.2. The average molecular weight is 351 g/mol. The summed E-state index contributed by atoms with van der Waals surface area (Å²) in [5.41, 5.74) is 6.49. The fourth-order valence-corrected chi connectivity index (χ4v) is 3.11. The molecule has 2 rings (SSSR count). The molecule has 1 unspecified atom stereocenters. The maximum atomic E-state index is 13.2. The highest BCUT2D eigenvalue weighted by atomic mass is 19.1. The molecule has 1 atom stereocenters. The number of nitrogens with one attached hydrogen (secondary N) is 1. The third kappa shape index (κ3) is 7.10. The van der Waals surface area contributed by atoms with Crippen molar-refractivity contribution in [2.45, 2.75) is 38.1 Å². The molecule has 1 aliphatic rings. The highest BCUT2D eigenvalue weighted by Crippen LogP contribution is 2.21. The van der Waals surface area contributed by atoms with E-state index in [-0.39, 0.29) is 17.8 Å². The number of unbranched alkanes of at least 4 members (excludes halogenated alkanes) is 3. The van der Waals surface area contributed by atoms with Crippen LogP contribution in [0.2, 0.25) is 0 Å². The van der Waals surface area contributed by atoms with Crippen molar-refractivity contribution in [3.63, 3.8) is 0 Å². The Morgan fingerprint density at radius 1 is 1.16 bits per heavy atom. The Bertz CT molecular complexity index is 504. The minimum Gasteiger partial charge on any atom is -0.379 e. The zero-order chi connectivity index (χ0) is 17.9. The van der Waals surface area contributed by atoms with E-state index in [2.05, 4.69) is 10.2 Å². The Balaban J connectivity index is 1.85. The van der Waals surface area contributed by atoms with E-state index in [9.17, 15) is 9.18 Å². The van der Waals surface area contributed by atoms with Gasteiger partial charge in [-0.2, -0.15) is 0 Å². The minimum atomic E-state index is -0.244. The molecule has 1 aliphatic heterocycles. The molecule has 0 spiro atoms. The third-order valence-corrected chi connectivity index (χ3v) is 4.59. The van der Waals surface area contributed by atoms with Crippen molar-refractivity contribution in [2.24, 2.45) is 5.73 Å². The average Bonchev–Trinajstić information content (AvgIpc) is 2.64. The van der Waals surface area contributed by atoms with Crippen LogP contribution in [0.25, 0.3) is 0 Å². The molecule has 140 valence electrons. The van der Waals surface area contributed by atoms with Gasteiger partial charge in [-0.15, -0.1) is 0 Å². The van der Waals surface area contributed by atoms with E-state index in [1.54, 1.807) is 12.1 Å². The Hall–Kier alpha value is -1.50. The lowest BCUT2D eigenvalue weighted by atomic mass is 10.0. The summed E-state index contributed by atoms with van der Waals surface area (Å²) in [6, 6.07) is 6.60. The van der Waals surface area contributed by atoms with Crippen molar-refractivity contribution < 1.29 is 13.9 Å². The highest BCUT2D eigenvalue weighted by molar-refractivity contribution is 5.75. The largest absolute Gasteiger partial charge is 0.379 e. The van der Waals surface area contributed by atoms with Crippen LogP contribution < -0.4 is 11.1 Å². The fraction of sp³-hybridized carbons (Fsp3) is 0.632. The van der Waals surface area contributed by atoms with Crippen LogP contribution in [0.3, 0.4) is 0 Å². The Kier molecular flexibility index (Phi) is 8.86. The smallest absolute Gasteiger partial charge is 0.220 e. The molecule has 0 radical (unpaired) electrons. The summed E-state index contributed by atoms with van der Waals surface area (Å²) in [4.78, 5) is 14.4. The number of hydrogen-bond donors (Lipinski definition) is 2. The fourth-order valence-electron chi connectivity index (χ4n) is 3.11. The highest BCUT2D eigenvalue weighted by Gasteiger charge is 2.23. The number of carbonyl (C=O) groups is 1. The zero-order valence-electron chi connectivity index (χ0n) is 14.9. The third-order valence-electron chi connectivity index (χ3n) is 4.59. The van der Waals surface area contributed by atoms with Crippen LogP contribution in [0.5, 0.6) is 0 Å². The molecule has 0 aromatic heterocycles. The molecule has 25 heavy (non-hydrogen) atoms. The molecule has 1 aromatic rings. The van der Waals surface area contributed by atoms with Crippen molar-refractivity contribution in [1.82, 2.24) is 10.2 Å². The molecule has 0 bridgehead atoms. The van der Waals surface area contributed by atoms with E-state index >= 15 is 0 Å². The second-order valence-electron chi connectivity index (χ2n) is 6.47. The monoisotopic (exact) mass is 351 g/mol. The predicted octanol–water partition coefficient (Wildman–Crippen LogP) is 2.22. The van der Waals surface area contributed by atoms with Crippen LogP contribution in [0, 0.1) is 5.82 Å². The van der Waals surface area contributed by atoms with Gasteiger partial charge in [0.15, 0.2) is 0 Å². The van der Waals surface area contributed by atoms with E-state index in [1.807, 2.05) is 0 Å². The molecular weight excluding hydrogens is 321 g/mol. The second-order valence-corrected chi connectivity index (χ2v) is 6.47. The Morgan fingerprint density at radius 2 is 1.84 bits per heavy atom. The van der Waals surface area contributed by atoms with E-state index in [4.69, 9.17) is 10.5 Å². The number of morpholine rings is 1. The van der Waals surface area contributed by atoms with Crippen LogP contribution in [0.1, 0.15) is 43.7 Å². The number of ether oxygens (including phenoxy) is 1. The summed E-state index contributed by atoms with van der Waals surface area (Å²) < 4.78 is 18.6. The first kappa shape index (κ1) is 19.8. The molecule has 1 saturated heterocycles. The molecule has 1 amide bonds. The SMILES string of the molecule is NCCCCCCC(=O)NCC(c1ccc(F)cc1)N1CCOCC1. The number of nitrogens with zero attached hydrogens (tertiary/aromatic N) is 1. The summed E-state index contributed by atoms with van der Waals surface area (Å²) in [5.74, 6) is -0.167. The van der Waals surface area contributed by atoms with Crippen molar-refractivity contribution >= 4 is 5.91 Å². The summed E-state index contributed by atoms with van der Waals surface area (Å²) in [6.07, 6.45) is 4.57. The van der Waals surface area contributed by atoms with Crippen molar-refractivity contribution in [3.05, 3.63) is 35.6 Å². The van der Waals surface area contributed by atoms with Gasteiger partial charge in [0.05, 0.1) is 19.3 Å². The standard InChI is InChI=1S/C19H30FN3O2/c20-17-8-6-16(7-9-17)18(23-11-13-25-14-12-23)15-22-19(24)5-3-1-2-4-10-21/h6-9,18H,1-5,10-15,21H2,(H,22,24). The molecule has 1 heterocycles. The molecule has 0 aliphatic carbocycles. The summed E-state index contributed by atoms with van der Waals surface area (Å²) >= 11 is 0. The molecular formula is C19H30FN3O2. The van der Waals surface area contributed by atoms with E-state index < -0.39 is 0 Å². The van der Waals surface area contributed by atoms with Gasteiger partial charge in [-0.1, -0.05) is 25.0 Å². The number of amides is 1. The summed E-state index contributed by atoms with van der Waals surface area (Å²) in [5, 5.41) is 3.04. The van der Waals surface area contributed by atoms with Gasteiger partial charge < -0.3 is 15.8 Å². The van der Waals surface area contributed by atoms with Gasteiger partial charge in [0, 0.05) is 26.1 Å². The van der Waals surface area contributed by atoms with Crippen molar-refractivity contribution in [1.29, 1.82) is 0 Å². The van der Waals surface area contributed by atoms with Gasteiger partial charge in [-0.3, -0.25) is 9.69 Å². The number of nitrogens with two attached hydrogens (primary N) is 1. The van der Waals surface area contributed by atoms with Gasteiger partial charge in [0.25, 0.3) is 0 Å². The molecule has 6 heteroatoms. The summed E-state index contributed by atoms with van der Waals surface area (Å²) in [7, 11) is 0. The minimum absolute atomic E-state index is 0.0469. The quantitative estimate of drug-likeness (QED) is 0.634. The molecule has 3 N–H and O–H groups in total. The second kappa shape index (κ2) is 11.2. The normalized spacial score (nSPS) is 16.6. The van der Waals surface area contributed by atoms with Gasteiger partial charge in [-0.05, 0) is 37.1 Å². The van der Waals surface area contributed by atoms with Crippen LogP contribution in [0.4, 0.5) is 4.39 Å². The maximum absolute atomic E-state index is 13.2. The van der Waals surface area contributed by atoms with Crippen molar-refractivity contribution in [3.8, 4) is 0 Å². The van der Waals surface area contributed by atoms with Gasteiger partial charge >= 0.3 is 0 Å². The van der Waals surface area contributed by atoms with E-state index in [0.29, 0.717) is 32.7 Å². The lowest BCUT2D eigenvalue weighted by Crippen LogP contribution is -2.43. The molecule has 1 fully saturated rings. The zero-order valence-corrected chi connectivity index (χ0v) is 14.9. The lowest BCUT2D eigenvalue weighted by Gasteiger charge is -2.35. The first-order valence-electron chi connectivity index (χ1n) is 9.24. The number of rotatable bonds is 10. The Morgan fingerprint density at radius 3 is 2.52 bits per heavy atom. The van der Waals surface area contributed by atoms with Crippen LogP contribution in [-0.4, -0.2) is 50.2 Å². The maximum Gasteiger partial charge on any atom is 0.220 e. The topological polar surface area (TPSA) is 67.6 Å². The van der Waals surface area contributed by atoms with Crippen LogP contribution in [-0.2, 0) is 9.53 Å². The van der Waals surface area contributed by atoms with Crippen molar-refractivity contribution in [2.75, 3.05) is 39.4 Å². The Labute approximate surface area is 149 Å². The number of halogens is 1. The lowest BCUT2D eigenvalue weighted by molar-refractivity contribution is -0.121. The number of carbonyl (C=O) groups excluding carboxylic acids is 1. The number of benzene rings is 1. The van der Waals surface area contributed by atoms with Gasteiger partial charge in [-0.25, -0.2) is 4.39 Å². The van der Waals surface area contributed by atoms with Gasteiger partial charge in [0.2, 0.25) is 5.91 Å². The van der Waals surface area contributed by atoms with Crippen LogP contribution >= 0.6 is 0 Å². The molecule has 5 nitrogen and oxygen atoms in total. The number of hydrogen-bond acceptors (Lipinski definition) is 4. The summed E-state index contributed by atoms with van der Waals surface area (Å²) in [6.45, 7) is 4.26. The predicted molar refractivity (Wildman–Crippen MR) is 96.7 cm³/mol. The van der Waals surface area contributed by atoms with Gasteiger partial charge in [0.1, 0.15) is 5.82 Å². The van der Waals surface area contributed by atoms with E-state index in [1.165, 1.54) is 12.1 Å².